The number of aryl methyl sites for hydroxylation is 1. The lowest BCUT2D eigenvalue weighted by atomic mass is 10.1. The molecule has 0 N–H and O–H groups in total. The highest BCUT2D eigenvalue weighted by molar-refractivity contribution is 5.99. The van der Waals surface area contributed by atoms with Crippen LogP contribution in [-0.4, -0.2) is 35.0 Å². The molecule has 0 radical (unpaired) electrons. The maximum absolute atomic E-state index is 12.7. The molecule has 1 aromatic heterocycles. The Morgan fingerprint density at radius 3 is 2.41 bits per heavy atom. The van der Waals surface area contributed by atoms with Crippen molar-refractivity contribution in [1.29, 1.82) is 10.5 Å². The molecule has 0 atom stereocenters. The molecular formula is C28H25N5O4. The fraction of sp³-hybridized carbons (Fsp3) is 0.250. The minimum Gasteiger partial charge on any atom is -0.497 e. The molecule has 9 heteroatoms. The van der Waals surface area contributed by atoms with Gasteiger partial charge < -0.3 is 18.8 Å². The Labute approximate surface area is 214 Å². The van der Waals surface area contributed by atoms with Crippen molar-refractivity contribution in [2.24, 2.45) is 0 Å². The molecule has 2 aromatic carbocycles. The van der Waals surface area contributed by atoms with Crippen LogP contribution >= 0.6 is 0 Å². The third kappa shape index (κ3) is 5.85. The van der Waals surface area contributed by atoms with Crippen molar-refractivity contribution in [2.75, 3.05) is 14.2 Å². The molecule has 0 saturated heterocycles. The number of carbonyl (C=O) groups excluding carboxylic acids is 1. The van der Waals surface area contributed by atoms with Gasteiger partial charge in [-0.2, -0.15) is 10.5 Å². The predicted molar refractivity (Wildman–Crippen MR) is 136 cm³/mol. The molecule has 3 aromatic rings. The van der Waals surface area contributed by atoms with Crippen molar-refractivity contribution < 1.29 is 19.0 Å². The Bertz CT molecular complexity index is 1440. The van der Waals surface area contributed by atoms with Crippen LogP contribution in [0.3, 0.4) is 0 Å². The summed E-state index contributed by atoms with van der Waals surface area (Å²) in [5.41, 5.74) is 1.52. The van der Waals surface area contributed by atoms with Crippen LogP contribution in [0.25, 0.3) is 17.7 Å². The number of hydrogen-bond acceptors (Lipinski definition) is 8. The predicted octanol–water partition coefficient (Wildman–Crippen LogP) is 4.60. The number of nitriles is 2. The van der Waals surface area contributed by atoms with Crippen LogP contribution in [0, 0.1) is 22.7 Å². The Morgan fingerprint density at radius 2 is 1.70 bits per heavy atom. The molecule has 1 aliphatic heterocycles. The standard InChI is InChI=1S/C28H25N5O4/c1-35-23-10-7-19(8-11-23)14-22(18-30)28(34)37-24-12-9-20(16-25(24)36-2)15-21(17-29)27-32-31-26-6-4-3-5-13-33(26)27/h7-12,14-16H,3-6,13H2,1-2H3/b21-15+,22-14+. The quantitative estimate of drug-likeness (QED) is 0.202. The normalized spacial score (nSPS) is 13.5. The van der Waals surface area contributed by atoms with Gasteiger partial charge in [-0.25, -0.2) is 4.79 Å². The van der Waals surface area contributed by atoms with Crippen LogP contribution in [0.15, 0.2) is 48.0 Å². The third-order valence-electron chi connectivity index (χ3n) is 5.94. The lowest BCUT2D eigenvalue weighted by Crippen LogP contribution is -2.11. The van der Waals surface area contributed by atoms with Crippen LogP contribution in [0.2, 0.25) is 0 Å². The van der Waals surface area contributed by atoms with Crippen molar-refractivity contribution >= 4 is 23.7 Å². The summed E-state index contributed by atoms with van der Waals surface area (Å²) in [5.74, 6) is 1.71. The van der Waals surface area contributed by atoms with Gasteiger partial charge in [-0.1, -0.05) is 24.6 Å². The highest BCUT2D eigenvalue weighted by Gasteiger charge is 2.19. The van der Waals surface area contributed by atoms with Crippen LogP contribution in [0.5, 0.6) is 17.2 Å². The second kappa shape index (κ2) is 11.7. The van der Waals surface area contributed by atoms with E-state index in [1.807, 2.05) is 10.6 Å². The van der Waals surface area contributed by atoms with Crippen molar-refractivity contribution in [3.8, 4) is 29.4 Å². The number of ether oxygens (including phenoxy) is 3. The molecule has 1 aliphatic rings. The maximum atomic E-state index is 12.7. The number of allylic oxidation sites excluding steroid dienone is 1. The van der Waals surface area contributed by atoms with Gasteiger partial charge in [-0.15, -0.1) is 10.2 Å². The van der Waals surface area contributed by atoms with E-state index in [4.69, 9.17) is 14.2 Å². The summed E-state index contributed by atoms with van der Waals surface area (Å²) in [5, 5.41) is 27.9. The number of hydrogen-bond donors (Lipinski definition) is 0. The average Bonchev–Trinajstić information content (AvgIpc) is 3.18. The molecule has 0 spiro atoms. The van der Waals surface area contributed by atoms with Crippen molar-refractivity contribution in [1.82, 2.24) is 14.8 Å². The minimum atomic E-state index is -0.816. The van der Waals surface area contributed by atoms with Crippen LogP contribution in [0.4, 0.5) is 0 Å². The summed E-state index contributed by atoms with van der Waals surface area (Å²) in [6, 6.07) is 15.9. The Kier molecular flexibility index (Phi) is 7.97. The van der Waals surface area contributed by atoms with Gasteiger partial charge in [0.1, 0.15) is 29.3 Å². The fourth-order valence-electron chi connectivity index (χ4n) is 4.01. The molecule has 0 amide bonds. The number of aromatic nitrogens is 3. The largest absolute Gasteiger partial charge is 0.497 e. The van der Waals surface area contributed by atoms with Gasteiger partial charge >= 0.3 is 5.97 Å². The van der Waals surface area contributed by atoms with E-state index in [0.29, 0.717) is 28.3 Å². The highest BCUT2D eigenvalue weighted by Crippen LogP contribution is 2.31. The molecular weight excluding hydrogens is 470 g/mol. The Balaban J connectivity index is 1.57. The zero-order chi connectivity index (χ0) is 26.2. The van der Waals surface area contributed by atoms with Gasteiger partial charge in [0.2, 0.25) is 0 Å². The van der Waals surface area contributed by atoms with Crippen molar-refractivity contribution in [2.45, 2.75) is 32.2 Å². The summed E-state index contributed by atoms with van der Waals surface area (Å²) in [7, 11) is 3.00. The second-order valence-corrected chi connectivity index (χ2v) is 8.31. The summed E-state index contributed by atoms with van der Waals surface area (Å²) in [6.07, 6.45) is 7.17. The number of benzene rings is 2. The second-order valence-electron chi connectivity index (χ2n) is 8.31. The van der Waals surface area contributed by atoms with E-state index >= 15 is 0 Å². The molecule has 0 bridgehead atoms. The number of fused-ring (bicyclic) bond motifs is 1. The van der Waals surface area contributed by atoms with Gasteiger partial charge in [-0.3, -0.25) is 0 Å². The Morgan fingerprint density at radius 1 is 0.919 bits per heavy atom. The molecule has 0 aliphatic carbocycles. The SMILES string of the molecule is COc1ccc(/C=C(\C#N)C(=O)Oc2ccc(/C=C(\C#N)c3nnc4n3CCCCC4)cc2OC)cc1. The molecule has 0 unspecified atom stereocenters. The number of methoxy groups -OCH3 is 2. The topological polar surface area (TPSA) is 123 Å². The smallest absolute Gasteiger partial charge is 0.354 e. The van der Waals surface area contributed by atoms with Crippen molar-refractivity contribution in [3.05, 3.63) is 70.8 Å². The van der Waals surface area contributed by atoms with Gasteiger partial charge in [0, 0.05) is 13.0 Å². The van der Waals surface area contributed by atoms with Crippen LogP contribution in [-0.2, 0) is 17.8 Å². The first kappa shape index (κ1) is 25.2. The number of esters is 1. The molecule has 186 valence electrons. The monoisotopic (exact) mass is 495 g/mol. The maximum Gasteiger partial charge on any atom is 0.354 e. The van der Waals surface area contributed by atoms with E-state index in [0.717, 1.165) is 38.1 Å². The van der Waals surface area contributed by atoms with Gasteiger partial charge in [0.05, 0.1) is 19.8 Å². The highest BCUT2D eigenvalue weighted by atomic mass is 16.6. The first-order valence-electron chi connectivity index (χ1n) is 11.8. The molecule has 4 rings (SSSR count). The van der Waals surface area contributed by atoms with Crippen molar-refractivity contribution in [3.63, 3.8) is 0 Å². The summed E-state index contributed by atoms with van der Waals surface area (Å²) in [6.45, 7) is 0.778. The number of carbonyl (C=O) groups is 1. The van der Waals surface area contributed by atoms with E-state index in [9.17, 15) is 15.3 Å². The molecule has 9 nitrogen and oxygen atoms in total. The summed E-state index contributed by atoms with van der Waals surface area (Å²) in [4.78, 5) is 12.7. The first-order valence-corrected chi connectivity index (χ1v) is 11.8. The van der Waals surface area contributed by atoms with Gasteiger partial charge in [-0.05, 0) is 60.4 Å². The van der Waals surface area contributed by atoms with E-state index < -0.39 is 5.97 Å². The van der Waals surface area contributed by atoms with E-state index in [1.54, 1.807) is 55.7 Å². The molecule has 0 saturated carbocycles. The van der Waals surface area contributed by atoms with Crippen LogP contribution in [0.1, 0.15) is 42.0 Å². The summed E-state index contributed by atoms with van der Waals surface area (Å²) >= 11 is 0. The third-order valence-corrected chi connectivity index (χ3v) is 5.94. The zero-order valence-corrected chi connectivity index (χ0v) is 20.6. The lowest BCUT2D eigenvalue weighted by Gasteiger charge is -2.10. The number of rotatable bonds is 7. The molecule has 2 heterocycles. The minimum absolute atomic E-state index is 0.149. The van der Waals surface area contributed by atoms with Gasteiger partial charge in [0.15, 0.2) is 17.3 Å². The molecule has 37 heavy (non-hydrogen) atoms. The van der Waals surface area contributed by atoms with E-state index in [-0.39, 0.29) is 17.1 Å². The van der Waals surface area contributed by atoms with Crippen LogP contribution < -0.4 is 14.2 Å². The van der Waals surface area contributed by atoms with Gasteiger partial charge in [0.25, 0.3) is 0 Å². The number of nitrogens with zero attached hydrogens (tertiary/aromatic N) is 5. The summed E-state index contributed by atoms with van der Waals surface area (Å²) < 4.78 is 18.0. The fourth-order valence-corrected chi connectivity index (χ4v) is 4.01. The van der Waals surface area contributed by atoms with E-state index in [1.165, 1.54) is 13.2 Å². The first-order chi connectivity index (χ1) is 18.1. The zero-order valence-electron chi connectivity index (χ0n) is 20.6. The Hall–Kier alpha value is -4.89. The molecule has 0 fully saturated rings. The van der Waals surface area contributed by atoms with E-state index in [2.05, 4.69) is 16.3 Å². The average molecular weight is 496 g/mol. The lowest BCUT2D eigenvalue weighted by molar-refractivity contribution is -0.129.